The van der Waals surface area contributed by atoms with Gasteiger partial charge in [0.1, 0.15) is 18.1 Å². The second-order valence-electron chi connectivity index (χ2n) is 10.4. The van der Waals surface area contributed by atoms with Gasteiger partial charge in [0, 0.05) is 45.7 Å². The zero-order valence-electron chi connectivity index (χ0n) is 23.1. The molecule has 3 aromatic rings. The van der Waals surface area contributed by atoms with Crippen molar-refractivity contribution in [1.82, 2.24) is 20.6 Å². The first-order valence-electron chi connectivity index (χ1n) is 13.9. The van der Waals surface area contributed by atoms with E-state index in [9.17, 15) is 14.7 Å². The number of aliphatic carboxylic acids is 1. The lowest BCUT2D eigenvalue weighted by atomic mass is 9.95. The molecule has 0 aliphatic carbocycles. The Labute approximate surface area is 238 Å². The fraction of sp³-hybridized carbons (Fsp3) is 0.400. The molecule has 2 atom stereocenters. The summed E-state index contributed by atoms with van der Waals surface area (Å²) in [5, 5.41) is 15.8. The third kappa shape index (κ3) is 6.74. The number of hydrogen-bond acceptors (Lipinski definition) is 8. The van der Waals surface area contributed by atoms with Gasteiger partial charge in [-0.25, -0.2) is 14.8 Å². The van der Waals surface area contributed by atoms with Crippen LogP contribution >= 0.6 is 0 Å². The zero-order valence-corrected chi connectivity index (χ0v) is 23.1. The lowest BCUT2D eigenvalue weighted by Gasteiger charge is -2.34. The van der Waals surface area contributed by atoms with Crippen LogP contribution in [-0.4, -0.2) is 79.4 Å². The molecule has 10 nitrogen and oxygen atoms in total. The van der Waals surface area contributed by atoms with Crippen LogP contribution in [0.2, 0.25) is 0 Å². The predicted molar refractivity (Wildman–Crippen MR) is 154 cm³/mol. The number of aromatic nitrogens is 2. The van der Waals surface area contributed by atoms with Gasteiger partial charge < -0.3 is 30.3 Å². The molecule has 2 aromatic carbocycles. The minimum atomic E-state index is -1.10. The summed E-state index contributed by atoms with van der Waals surface area (Å²) in [5.41, 5.74) is 2.80. The summed E-state index contributed by atoms with van der Waals surface area (Å²) in [4.78, 5) is 37.3. The number of benzene rings is 2. The summed E-state index contributed by atoms with van der Waals surface area (Å²) in [6.07, 6.45) is 2.76. The molecule has 2 saturated heterocycles. The van der Waals surface area contributed by atoms with Gasteiger partial charge in [-0.1, -0.05) is 36.4 Å². The Bertz CT molecular complexity index is 1350. The molecule has 1 aromatic heterocycles. The van der Waals surface area contributed by atoms with E-state index in [-0.39, 0.29) is 30.5 Å². The number of halogens is 1. The molecule has 0 spiro atoms. The molecule has 11 heteroatoms. The fourth-order valence-corrected chi connectivity index (χ4v) is 5.39. The Kier molecular flexibility index (Phi) is 8.93. The highest BCUT2D eigenvalue weighted by Gasteiger charge is 2.32. The number of nitrogens with one attached hydrogen (secondary N) is 2. The summed E-state index contributed by atoms with van der Waals surface area (Å²) < 4.78 is 20.7. The van der Waals surface area contributed by atoms with E-state index in [1.807, 2.05) is 53.4 Å². The van der Waals surface area contributed by atoms with Crippen molar-refractivity contribution in [2.45, 2.75) is 25.3 Å². The highest BCUT2D eigenvalue weighted by Crippen LogP contribution is 2.29. The molecule has 1 unspecified atom stereocenters. The maximum atomic E-state index is 15.5. The maximum absolute atomic E-state index is 15.5. The van der Waals surface area contributed by atoms with Gasteiger partial charge in [0.15, 0.2) is 11.6 Å². The molecule has 0 bridgehead atoms. The van der Waals surface area contributed by atoms with Crippen LogP contribution in [0.4, 0.5) is 16.0 Å². The molecule has 1 amide bonds. The number of nitrogens with zero attached hydrogens (tertiary/aromatic N) is 4. The summed E-state index contributed by atoms with van der Waals surface area (Å²) >= 11 is 0. The van der Waals surface area contributed by atoms with Gasteiger partial charge in [0.25, 0.3) is 0 Å². The average Bonchev–Trinajstić information content (AvgIpc) is 3.01. The molecule has 216 valence electrons. The number of piperidine rings is 1. The quantitative estimate of drug-likeness (QED) is 0.362. The molecular formula is C30H35FN6O4. The van der Waals surface area contributed by atoms with Crippen LogP contribution < -0.4 is 25.2 Å². The van der Waals surface area contributed by atoms with Crippen molar-refractivity contribution >= 4 is 23.5 Å². The molecule has 3 heterocycles. The molecular weight excluding hydrogens is 527 g/mol. The molecule has 3 N–H and O–H groups in total. The topological polar surface area (TPSA) is 120 Å². The van der Waals surface area contributed by atoms with Crippen LogP contribution in [0.3, 0.4) is 0 Å². The number of hydrogen-bond donors (Lipinski definition) is 3. The molecule has 2 aliphatic heterocycles. The lowest BCUT2D eigenvalue weighted by molar-refractivity contribution is -0.142. The monoisotopic (exact) mass is 562 g/mol. The Morgan fingerprint density at radius 1 is 1.02 bits per heavy atom. The molecule has 2 aliphatic rings. The van der Waals surface area contributed by atoms with E-state index in [1.54, 1.807) is 12.0 Å². The average molecular weight is 563 g/mol. The number of carboxylic acids is 1. The van der Waals surface area contributed by atoms with Gasteiger partial charge in [-0.05, 0) is 41.7 Å². The number of amides is 1. The lowest BCUT2D eigenvalue weighted by Crippen LogP contribution is -2.49. The predicted octanol–water partition coefficient (Wildman–Crippen LogP) is 2.73. The van der Waals surface area contributed by atoms with Crippen molar-refractivity contribution in [1.29, 1.82) is 0 Å². The summed E-state index contributed by atoms with van der Waals surface area (Å²) in [6.45, 7) is 3.62. The smallest absolute Gasteiger partial charge is 0.326 e. The zero-order chi connectivity index (χ0) is 28.8. The van der Waals surface area contributed by atoms with E-state index in [0.717, 1.165) is 35.5 Å². The molecule has 2 fully saturated rings. The Morgan fingerprint density at radius 3 is 2.29 bits per heavy atom. The van der Waals surface area contributed by atoms with Crippen molar-refractivity contribution in [2.24, 2.45) is 5.92 Å². The molecule has 41 heavy (non-hydrogen) atoms. The van der Waals surface area contributed by atoms with Crippen LogP contribution in [0.5, 0.6) is 5.75 Å². The van der Waals surface area contributed by atoms with Crippen LogP contribution in [0.15, 0.2) is 54.9 Å². The first-order chi connectivity index (χ1) is 19.9. The van der Waals surface area contributed by atoms with E-state index < -0.39 is 23.7 Å². The van der Waals surface area contributed by atoms with Gasteiger partial charge in [-0.3, -0.25) is 4.79 Å². The van der Waals surface area contributed by atoms with Gasteiger partial charge in [0.05, 0.1) is 13.0 Å². The SMILES string of the molecule is COc1ccc(-c2ccc(C[C@H](NC(=O)C3CCCN(c4ncnc(N5CCNCC5)c4F)C3)C(=O)O)cc2)cc1. The number of piperazine rings is 1. The Morgan fingerprint density at radius 2 is 1.66 bits per heavy atom. The van der Waals surface area contributed by atoms with E-state index >= 15 is 4.39 Å². The minimum absolute atomic E-state index is 0.148. The third-order valence-electron chi connectivity index (χ3n) is 7.69. The normalized spacial score (nSPS) is 18.0. The first-order valence-corrected chi connectivity index (χ1v) is 13.9. The number of carboxylic acid groups (broad SMARTS) is 1. The Balaban J connectivity index is 1.22. The number of carbonyl (C=O) groups excluding carboxylic acids is 1. The van der Waals surface area contributed by atoms with E-state index in [4.69, 9.17) is 4.74 Å². The molecule has 5 rings (SSSR count). The van der Waals surface area contributed by atoms with Gasteiger partial charge in [-0.15, -0.1) is 0 Å². The van der Waals surface area contributed by atoms with E-state index in [2.05, 4.69) is 20.6 Å². The second kappa shape index (κ2) is 12.9. The minimum Gasteiger partial charge on any atom is -0.497 e. The third-order valence-corrected chi connectivity index (χ3v) is 7.69. The van der Waals surface area contributed by atoms with Crippen molar-refractivity contribution < 1.29 is 23.8 Å². The van der Waals surface area contributed by atoms with E-state index in [1.165, 1.54) is 6.33 Å². The van der Waals surface area contributed by atoms with Gasteiger partial charge in [0.2, 0.25) is 11.7 Å². The Hall–Kier alpha value is -4.25. The number of ether oxygens (including phenoxy) is 1. The molecule has 0 radical (unpaired) electrons. The van der Waals surface area contributed by atoms with Crippen molar-refractivity contribution in [3.63, 3.8) is 0 Å². The van der Waals surface area contributed by atoms with Crippen LogP contribution in [-0.2, 0) is 16.0 Å². The summed E-state index contributed by atoms with van der Waals surface area (Å²) in [5.74, 6) is -1.21. The second-order valence-corrected chi connectivity index (χ2v) is 10.4. The summed E-state index contributed by atoms with van der Waals surface area (Å²) in [6, 6.07) is 14.2. The number of carbonyl (C=O) groups is 2. The van der Waals surface area contributed by atoms with Crippen LogP contribution in [0.25, 0.3) is 11.1 Å². The van der Waals surface area contributed by atoms with Gasteiger partial charge >= 0.3 is 5.97 Å². The summed E-state index contributed by atoms with van der Waals surface area (Å²) in [7, 11) is 1.62. The highest BCUT2D eigenvalue weighted by molar-refractivity contribution is 5.85. The van der Waals surface area contributed by atoms with Crippen LogP contribution in [0, 0.1) is 11.7 Å². The molecule has 0 saturated carbocycles. The fourth-order valence-electron chi connectivity index (χ4n) is 5.39. The highest BCUT2D eigenvalue weighted by atomic mass is 19.1. The first kappa shape index (κ1) is 28.3. The van der Waals surface area contributed by atoms with Crippen LogP contribution in [0.1, 0.15) is 18.4 Å². The van der Waals surface area contributed by atoms with E-state index in [0.29, 0.717) is 32.5 Å². The van der Waals surface area contributed by atoms with Crippen molar-refractivity contribution in [3.05, 3.63) is 66.2 Å². The van der Waals surface area contributed by atoms with Gasteiger partial charge in [-0.2, -0.15) is 4.39 Å². The maximum Gasteiger partial charge on any atom is 0.326 e. The largest absolute Gasteiger partial charge is 0.497 e. The van der Waals surface area contributed by atoms with Crippen molar-refractivity contribution in [3.8, 4) is 16.9 Å². The van der Waals surface area contributed by atoms with Crippen molar-refractivity contribution in [2.75, 3.05) is 56.2 Å². The standard InChI is InChI=1S/C30H35FN6O4/c1-41-24-10-8-22(9-11-24)21-6-4-20(5-7-21)17-25(30(39)40)35-29(38)23-3-2-14-37(18-23)28-26(31)27(33-19-34-28)36-15-12-32-13-16-36/h4-11,19,23,25,32H,2-3,12-18H2,1H3,(H,35,38)(H,39,40)/t23?,25-/m0/s1. The number of methoxy groups -OCH3 is 1. The number of rotatable bonds is 9. The number of anilines is 2.